The second-order valence-electron chi connectivity index (χ2n) is 6.13. The highest BCUT2D eigenvalue weighted by molar-refractivity contribution is 6.04. The molecule has 19 heavy (non-hydrogen) atoms. The van der Waals surface area contributed by atoms with Crippen molar-refractivity contribution in [2.45, 2.75) is 51.4 Å². The summed E-state index contributed by atoms with van der Waals surface area (Å²) in [5.41, 5.74) is 3.71. The number of aryl methyl sites for hydroxylation is 1. The Labute approximate surface area is 115 Å². The molecule has 0 aromatic heterocycles. The number of benzene rings is 1. The Kier molecular flexibility index (Phi) is 3.08. The second kappa shape index (κ2) is 4.63. The largest absolute Gasteiger partial charge is 0.294 e. The van der Waals surface area contributed by atoms with E-state index in [-0.39, 0.29) is 11.3 Å². The normalized spacial score (nSPS) is 24.5. The number of allylic oxidation sites excluding steroid dienone is 2. The summed E-state index contributed by atoms with van der Waals surface area (Å²) in [6, 6.07) is 6.50. The first-order valence-electron chi connectivity index (χ1n) is 7.45. The van der Waals surface area contributed by atoms with Gasteiger partial charge in [-0.25, -0.2) is 0 Å². The first-order valence-corrected chi connectivity index (χ1v) is 7.45. The summed E-state index contributed by atoms with van der Waals surface area (Å²) in [6.07, 6.45) is 10.1. The molecule has 1 unspecified atom stereocenters. The third kappa shape index (κ3) is 1.79. The fraction of sp³-hybridized carbons (Fsp3) is 0.500. The van der Waals surface area contributed by atoms with Crippen LogP contribution in [0.4, 0.5) is 0 Å². The quantitative estimate of drug-likeness (QED) is 0.706. The van der Waals surface area contributed by atoms with Gasteiger partial charge in [-0.15, -0.1) is 0 Å². The van der Waals surface area contributed by atoms with E-state index in [2.05, 4.69) is 37.3 Å². The standard InChI is InChI=1S/C18H22O/c1-3-4-7-16-17(19)14-12-13(2)8-9-15(14)18(16)10-5-6-11-18/h3-4,8-9,12,16H,5-7,10-11H2,1-2H3. The highest BCUT2D eigenvalue weighted by Crippen LogP contribution is 2.54. The lowest BCUT2D eigenvalue weighted by Gasteiger charge is -2.30. The van der Waals surface area contributed by atoms with Crippen molar-refractivity contribution < 1.29 is 4.79 Å². The van der Waals surface area contributed by atoms with E-state index in [1.54, 1.807) is 0 Å². The van der Waals surface area contributed by atoms with Gasteiger partial charge in [-0.2, -0.15) is 0 Å². The lowest BCUT2D eigenvalue weighted by molar-refractivity contribution is 0.0885. The Hall–Kier alpha value is -1.37. The van der Waals surface area contributed by atoms with E-state index < -0.39 is 0 Å². The minimum atomic E-state index is 0.152. The molecule has 1 aromatic rings. The summed E-state index contributed by atoms with van der Waals surface area (Å²) >= 11 is 0. The van der Waals surface area contributed by atoms with Crippen LogP contribution in [0.2, 0.25) is 0 Å². The molecule has 1 heteroatoms. The predicted octanol–water partition coefficient (Wildman–Crippen LogP) is 4.59. The van der Waals surface area contributed by atoms with Gasteiger partial charge in [0.2, 0.25) is 0 Å². The average Bonchev–Trinajstić information content (AvgIpc) is 2.96. The Balaban J connectivity index is 2.11. The van der Waals surface area contributed by atoms with Crippen LogP contribution in [0.1, 0.15) is 60.5 Å². The molecule has 0 amide bonds. The number of hydrogen-bond acceptors (Lipinski definition) is 1. The molecule has 0 aliphatic heterocycles. The van der Waals surface area contributed by atoms with Gasteiger partial charge in [0.15, 0.2) is 5.78 Å². The summed E-state index contributed by atoms with van der Waals surface area (Å²) in [5.74, 6) is 0.571. The van der Waals surface area contributed by atoms with Gasteiger partial charge >= 0.3 is 0 Å². The van der Waals surface area contributed by atoms with Crippen LogP contribution in [0.3, 0.4) is 0 Å². The van der Waals surface area contributed by atoms with Crippen molar-refractivity contribution in [1.82, 2.24) is 0 Å². The number of carbonyl (C=O) groups is 1. The molecule has 1 aromatic carbocycles. The van der Waals surface area contributed by atoms with Crippen molar-refractivity contribution in [3.8, 4) is 0 Å². The van der Waals surface area contributed by atoms with Gasteiger partial charge in [0.05, 0.1) is 0 Å². The van der Waals surface area contributed by atoms with Crippen LogP contribution in [0.25, 0.3) is 0 Å². The zero-order valence-corrected chi connectivity index (χ0v) is 11.9. The van der Waals surface area contributed by atoms with E-state index >= 15 is 0 Å². The maximum absolute atomic E-state index is 12.8. The lowest BCUT2D eigenvalue weighted by atomic mass is 9.72. The third-order valence-corrected chi connectivity index (χ3v) is 5.06. The number of ketones is 1. The summed E-state index contributed by atoms with van der Waals surface area (Å²) in [7, 11) is 0. The van der Waals surface area contributed by atoms with Crippen molar-refractivity contribution in [3.05, 3.63) is 47.0 Å². The monoisotopic (exact) mass is 254 g/mol. The van der Waals surface area contributed by atoms with Gasteiger partial charge in [-0.1, -0.05) is 42.7 Å². The maximum atomic E-state index is 12.8. The van der Waals surface area contributed by atoms with Gasteiger partial charge in [0.1, 0.15) is 0 Å². The Morgan fingerprint density at radius 3 is 2.74 bits per heavy atom. The smallest absolute Gasteiger partial charge is 0.167 e. The van der Waals surface area contributed by atoms with E-state index in [0.717, 1.165) is 12.0 Å². The number of Topliss-reactive ketones (excluding diaryl/α,β-unsaturated/α-hetero) is 1. The van der Waals surface area contributed by atoms with Crippen LogP contribution in [0.5, 0.6) is 0 Å². The van der Waals surface area contributed by atoms with Gasteiger partial charge in [0, 0.05) is 16.9 Å². The molecule has 0 radical (unpaired) electrons. The van der Waals surface area contributed by atoms with Gasteiger partial charge in [0.25, 0.3) is 0 Å². The highest BCUT2D eigenvalue weighted by atomic mass is 16.1. The van der Waals surface area contributed by atoms with E-state index in [1.807, 2.05) is 6.92 Å². The summed E-state index contributed by atoms with van der Waals surface area (Å²) in [6.45, 7) is 4.12. The van der Waals surface area contributed by atoms with Crippen molar-refractivity contribution >= 4 is 5.78 Å². The zero-order valence-electron chi connectivity index (χ0n) is 11.9. The van der Waals surface area contributed by atoms with Crippen LogP contribution >= 0.6 is 0 Å². The van der Waals surface area contributed by atoms with Gasteiger partial charge in [-0.05, 0) is 44.7 Å². The van der Waals surface area contributed by atoms with Crippen LogP contribution in [-0.4, -0.2) is 5.78 Å². The Morgan fingerprint density at radius 2 is 2.05 bits per heavy atom. The molecule has 2 aliphatic rings. The molecule has 100 valence electrons. The molecule has 3 rings (SSSR count). The van der Waals surface area contributed by atoms with Crippen molar-refractivity contribution in [3.63, 3.8) is 0 Å². The molecule has 0 N–H and O–H groups in total. The van der Waals surface area contributed by atoms with Gasteiger partial charge in [-0.3, -0.25) is 4.79 Å². The molecule has 1 saturated carbocycles. The van der Waals surface area contributed by atoms with E-state index in [4.69, 9.17) is 0 Å². The average molecular weight is 254 g/mol. The Morgan fingerprint density at radius 1 is 1.32 bits per heavy atom. The van der Waals surface area contributed by atoms with Crippen molar-refractivity contribution in [2.75, 3.05) is 0 Å². The maximum Gasteiger partial charge on any atom is 0.167 e. The molecule has 1 fully saturated rings. The number of carbonyl (C=O) groups excluding carboxylic acids is 1. The van der Waals surface area contributed by atoms with Crippen LogP contribution in [-0.2, 0) is 5.41 Å². The molecular formula is C18H22O. The molecule has 2 aliphatic carbocycles. The molecule has 0 saturated heterocycles. The predicted molar refractivity (Wildman–Crippen MR) is 78.6 cm³/mol. The second-order valence-corrected chi connectivity index (χ2v) is 6.13. The van der Waals surface area contributed by atoms with E-state index in [0.29, 0.717) is 5.78 Å². The summed E-state index contributed by atoms with van der Waals surface area (Å²) in [4.78, 5) is 12.8. The molecule has 1 atom stereocenters. The molecule has 0 heterocycles. The molecular weight excluding hydrogens is 232 g/mol. The van der Waals surface area contributed by atoms with Crippen LogP contribution in [0, 0.1) is 12.8 Å². The van der Waals surface area contributed by atoms with Crippen LogP contribution < -0.4 is 0 Å². The van der Waals surface area contributed by atoms with Crippen molar-refractivity contribution in [1.29, 1.82) is 0 Å². The molecule has 1 nitrogen and oxygen atoms in total. The minimum Gasteiger partial charge on any atom is -0.294 e. The first kappa shape index (κ1) is 12.7. The number of hydrogen-bond donors (Lipinski definition) is 0. The summed E-state index contributed by atoms with van der Waals surface area (Å²) in [5, 5.41) is 0. The summed E-state index contributed by atoms with van der Waals surface area (Å²) < 4.78 is 0. The fourth-order valence-corrected chi connectivity index (χ4v) is 4.15. The molecule has 0 bridgehead atoms. The number of fused-ring (bicyclic) bond motifs is 2. The van der Waals surface area contributed by atoms with Crippen molar-refractivity contribution in [2.24, 2.45) is 5.92 Å². The topological polar surface area (TPSA) is 17.1 Å². The Bertz CT molecular complexity index is 533. The third-order valence-electron chi connectivity index (χ3n) is 5.06. The minimum absolute atomic E-state index is 0.152. The molecule has 1 spiro atoms. The van der Waals surface area contributed by atoms with Crippen LogP contribution in [0.15, 0.2) is 30.4 Å². The lowest BCUT2D eigenvalue weighted by Crippen LogP contribution is -2.30. The van der Waals surface area contributed by atoms with E-state index in [9.17, 15) is 4.79 Å². The zero-order chi connectivity index (χ0) is 13.5. The highest BCUT2D eigenvalue weighted by Gasteiger charge is 2.52. The first-order chi connectivity index (χ1) is 9.19. The van der Waals surface area contributed by atoms with E-state index in [1.165, 1.54) is 36.8 Å². The van der Waals surface area contributed by atoms with Gasteiger partial charge < -0.3 is 0 Å². The number of rotatable bonds is 2. The SMILES string of the molecule is CC=CCC1C(=O)c2cc(C)ccc2C12CCCC2. The fourth-order valence-electron chi connectivity index (χ4n) is 4.15.